The Balaban J connectivity index is 0.000000131. The Kier molecular flexibility index (Phi) is 17.1. The third kappa shape index (κ3) is 11.9. The summed E-state index contributed by atoms with van der Waals surface area (Å²) >= 11 is 18.1. The number of carbonyl (C=O) groups excluding carboxylic acids is 4. The summed E-state index contributed by atoms with van der Waals surface area (Å²) in [4.78, 5) is 48.0. The van der Waals surface area contributed by atoms with Gasteiger partial charge in [-0.05, 0) is 153 Å². The smallest absolute Gasteiger partial charge is 0.167 e. The monoisotopic (exact) mass is 1190 g/mol. The lowest BCUT2D eigenvalue weighted by atomic mass is 10.00. The Hall–Kier alpha value is -5.59. The van der Waals surface area contributed by atoms with Crippen LogP contribution in [-0.4, -0.2) is 44.5 Å². The van der Waals surface area contributed by atoms with E-state index in [0.29, 0.717) is 15.6 Å². The summed E-state index contributed by atoms with van der Waals surface area (Å²) in [5, 5.41) is 1.12. The molecule has 4 atom stereocenters. The molecular formula is C62H56BrCl2IO7. The second-order valence-electron chi connectivity index (χ2n) is 19.2. The molecule has 374 valence electrons. The molecule has 0 aromatic heterocycles. The molecule has 0 saturated heterocycles. The van der Waals surface area contributed by atoms with Gasteiger partial charge in [-0.25, -0.2) is 0 Å². The van der Waals surface area contributed by atoms with Crippen molar-refractivity contribution in [1.29, 1.82) is 0 Å². The van der Waals surface area contributed by atoms with E-state index in [-0.39, 0.29) is 46.8 Å². The minimum atomic E-state index is 0.0506. The van der Waals surface area contributed by atoms with E-state index in [1.54, 1.807) is 27.4 Å². The molecule has 11 rings (SSSR count). The van der Waals surface area contributed by atoms with E-state index < -0.39 is 0 Å². The molecule has 7 aromatic carbocycles. The van der Waals surface area contributed by atoms with Crippen LogP contribution in [0.3, 0.4) is 0 Å². The Labute approximate surface area is 460 Å². The highest BCUT2D eigenvalue weighted by Gasteiger charge is 2.33. The molecule has 4 aliphatic carbocycles. The van der Waals surface area contributed by atoms with Crippen molar-refractivity contribution in [1.82, 2.24) is 0 Å². The maximum Gasteiger partial charge on any atom is 0.167 e. The Morgan fingerprint density at radius 3 is 1.40 bits per heavy atom. The van der Waals surface area contributed by atoms with Crippen molar-refractivity contribution in [2.75, 3.05) is 21.3 Å². The molecule has 0 heterocycles. The number of Topliss-reactive ketones (excluding diaryl/α,β-unsaturated/α-hetero) is 4. The summed E-state index contributed by atoms with van der Waals surface area (Å²) in [6, 6.07) is 42.4. The molecule has 0 N–H and O–H groups in total. The van der Waals surface area contributed by atoms with E-state index in [9.17, 15) is 19.2 Å². The molecule has 0 spiro atoms. The number of carbonyl (C=O) groups is 4. The third-order valence-electron chi connectivity index (χ3n) is 13.9. The molecule has 0 aliphatic heterocycles. The molecule has 0 radical (unpaired) electrons. The van der Waals surface area contributed by atoms with Crippen molar-refractivity contribution >= 4 is 84.9 Å². The lowest BCUT2D eigenvalue weighted by Crippen LogP contribution is -2.04. The molecule has 7 nitrogen and oxygen atoms in total. The number of fused-ring (bicyclic) bond motifs is 4. The van der Waals surface area contributed by atoms with Gasteiger partial charge in [0.05, 0.1) is 31.4 Å². The predicted octanol–water partition coefficient (Wildman–Crippen LogP) is 15.9. The number of hydrogen-bond donors (Lipinski definition) is 0. The largest absolute Gasteiger partial charge is 0.497 e. The van der Waals surface area contributed by atoms with Crippen LogP contribution < -0.4 is 14.2 Å². The van der Waals surface area contributed by atoms with Gasteiger partial charge >= 0.3 is 0 Å². The van der Waals surface area contributed by atoms with Crippen LogP contribution in [0.1, 0.15) is 103 Å². The van der Waals surface area contributed by atoms with Gasteiger partial charge in [-0.3, -0.25) is 19.2 Å². The highest BCUT2D eigenvalue weighted by Crippen LogP contribution is 2.40. The normalized spacial score (nSPS) is 17.7. The zero-order valence-corrected chi connectivity index (χ0v) is 47.1. The van der Waals surface area contributed by atoms with Crippen LogP contribution in [0, 0.1) is 27.2 Å². The standard InChI is InChI=1S/C18H17IO3.C17H15ClO.C16H13BrO.C11H11ClO2/c1-10-4-13-5-11(8-16(19)17(13)18(10)20)12-6-14(21-2)9-15(7-12)22-3;1-11-7-14-9-13(8-12-5-3-2-4-6-12)10-15(18)16(14)17(11)19;1-10-7-13-8-12(11-5-3-2-4-6-11)9-14(17)15(13)16(10)18;1-6-3-7-4-8(14-2)5-9(12)10(7)11(6)13/h5-10H,4H2,1-3H3;2-6,9-11H,7-8H2,1H3;2-6,8-10H,7H2,1H3;4-6H,3H2,1-2H3. The quantitative estimate of drug-likeness (QED) is 0.147. The van der Waals surface area contributed by atoms with Crippen LogP contribution in [0.4, 0.5) is 0 Å². The number of benzene rings is 7. The summed E-state index contributed by atoms with van der Waals surface area (Å²) < 4.78 is 17.7. The lowest BCUT2D eigenvalue weighted by Gasteiger charge is -2.11. The highest BCUT2D eigenvalue weighted by atomic mass is 127. The number of rotatable bonds is 7. The van der Waals surface area contributed by atoms with Crippen molar-refractivity contribution in [3.8, 4) is 39.5 Å². The first-order valence-electron chi connectivity index (χ1n) is 24.3. The van der Waals surface area contributed by atoms with Crippen LogP contribution in [-0.2, 0) is 32.1 Å². The van der Waals surface area contributed by atoms with Crippen molar-refractivity contribution in [2.24, 2.45) is 23.7 Å². The van der Waals surface area contributed by atoms with Crippen LogP contribution in [0.2, 0.25) is 10.0 Å². The van der Waals surface area contributed by atoms with Gasteiger partial charge in [0.15, 0.2) is 23.1 Å². The summed E-state index contributed by atoms with van der Waals surface area (Å²) in [5.41, 5.74) is 14.5. The zero-order valence-electron chi connectivity index (χ0n) is 41.8. The molecule has 4 unspecified atom stereocenters. The first-order chi connectivity index (χ1) is 35.0. The van der Waals surface area contributed by atoms with E-state index in [1.807, 2.05) is 100 Å². The van der Waals surface area contributed by atoms with E-state index in [2.05, 4.69) is 87.1 Å². The molecule has 0 saturated carbocycles. The second-order valence-corrected chi connectivity index (χ2v) is 22.1. The summed E-state index contributed by atoms with van der Waals surface area (Å²) in [6.45, 7) is 7.88. The van der Waals surface area contributed by atoms with E-state index in [0.717, 1.165) is 102 Å². The van der Waals surface area contributed by atoms with Crippen LogP contribution in [0.5, 0.6) is 17.2 Å². The number of halogens is 4. The van der Waals surface area contributed by atoms with Gasteiger partial charge in [0.1, 0.15) is 17.2 Å². The topological polar surface area (TPSA) is 96.0 Å². The van der Waals surface area contributed by atoms with Crippen LogP contribution in [0.25, 0.3) is 22.3 Å². The van der Waals surface area contributed by atoms with Crippen molar-refractivity contribution in [3.05, 3.63) is 201 Å². The van der Waals surface area contributed by atoms with Gasteiger partial charge in [-0.2, -0.15) is 0 Å². The maximum absolute atomic E-state index is 12.2. The van der Waals surface area contributed by atoms with Crippen LogP contribution in [0.15, 0.2) is 132 Å². The van der Waals surface area contributed by atoms with Crippen molar-refractivity contribution < 1.29 is 33.4 Å². The fourth-order valence-electron chi connectivity index (χ4n) is 10.1. The first-order valence-corrected chi connectivity index (χ1v) is 26.9. The molecule has 73 heavy (non-hydrogen) atoms. The van der Waals surface area contributed by atoms with Crippen molar-refractivity contribution in [3.63, 3.8) is 0 Å². The highest BCUT2D eigenvalue weighted by molar-refractivity contribution is 14.1. The van der Waals surface area contributed by atoms with Gasteiger partial charge in [0.2, 0.25) is 0 Å². The van der Waals surface area contributed by atoms with Gasteiger partial charge in [-0.15, -0.1) is 0 Å². The average Bonchev–Trinajstić information content (AvgIpc) is 4.06. The molecule has 11 heteroatoms. The van der Waals surface area contributed by atoms with E-state index >= 15 is 0 Å². The average molecular weight is 1190 g/mol. The number of ketones is 4. The number of ether oxygens (including phenoxy) is 3. The van der Waals surface area contributed by atoms with Gasteiger partial charge in [0, 0.05) is 60.0 Å². The van der Waals surface area contributed by atoms with Crippen LogP contribution >= 0.6 is 61.7 Å². The minimum absolute atomic E-state index is 0.0506. The maximum atomic E-state index is 12.2. The summed E-state index contributed by atoms with van der Waals surface area (Å²) in [7, 11) is 4.88. The summed E-state index contributed by atoms with van der Waals surface area (Å²) in [5.74, 6) is 3.40. The van der Waals surface area contributed by atoms with Crippen molar-refractivity contribution in [2.45, 2.75) is 59.8 Å². The Bertz CT molecular complexity index is 3240. The molecule has 0 fully saturated rings. The van der Waals surface area contributed by atoms with E-state index in [1.165, 1.54) is 27.8 Å². The fraction of sp³-hybridized carbons (Fsp3) is 0.258. The van der Waals surface area contributed by atoms with E-state index in [4.69, 9.17) is 37.4 Å². The molecule has 0 amide bonds. The fourth-order valence-corrected chi connectivity index (χ4v) is 12.4. The Morgan fingerprint density at radius 2 is 0.863 bits per heavy atom. The first kappa shape index (κ1) is 53.7. The SMILES string of the molecule is CC1Cc2cc(-c3ccccc3)cc(Br)c2C1=O.CC1Cc2cc(Cc3ccccc3)cc(Cl)c2C1=O.COc1cc(Cl)c2c(c1)CC(C)C2=O.COc1cc(OC)cc(-c2cc(I)c3c(c2)CC(C)C3=O)c1. The predicted molar refractivity (Wildman–Crippen MR) is 305 cm³/mol. The Morgan fingerprint density at radius 1 is 0.452 bits per heavy atom. The molecule has 4 aliphatic rings. The molecular weight excluding hydrogens is 1130 g/mol. The summed E-state index contributed by atoms with van der Waals surface area (Å²) in [6.07, 6.45) is 4.12. The second kappa shape index (κ2) is 23.3. The minimum Gasteiger partial charge on any atom is -0.497 e. The van der Waals surface area contributed by atoms with Gasteiger partial charge < -0.3 is 14.2 Å². The lowest BCUT2D eigenvalue weighted by molar-refractivity contribution is 0.0938. The zero-order chi connectivity index (χ0) is 52.2. The molecule has 7 aromatic rings. The van der Waals surface area contributed by atoms with Gasteiger partial charge in [0.25, 0.3) is 0 Å². The third-order valence-corrected chi connectivity index (χ3v) is 16.0. The molecule has 0 bridgehead atoms. The number of methoxy groups -OCH3 is 3. The number of hydrogen-bond acceptors (Lipinski definition) is 7. The van der Waals surface area contributed by atoms with Gasteiger partial charge in [-0.1, -0.05) is 146 Å².